The third-order valence-electron chi connectivity index (χ3n) is 2.92. The first-order valence-electron chi connectivity index (χ1n) is 5.66. The minimum absolute atomic E-state index is 0.583. The van der Waals surface area contributed by atoms with E-state index in [0.717, 1.165) is 0 Å². The molecule has 0 aromatic heterocycles. The maximum atomic E-state index is 4.17. The van der Waals surface area contributed by atoms with Crippen molar-refractivity contribution in [3.8, 4) is 0 Å². The van der Waals surface area contributed by atoms with E-state index in [1.54, 1.807) is 0 Å². The molecule has 1 aliphatic rings. The zero-order chi connectivity index (χ0) is 11.6. The van der Waals surface area contributed by atoms with Gasteiger partial charge >= 0.3 is 94.4 Å². The summed E-state index contributed by atoms with van der Waals surface area (Å²) in [5.41, 5.74) is 2.71. The molecule has 0 aliphatic carbocycles. The van der Waals surface area contributed by atoms with Crippen molar-refractivity contribution in [1.82, 2.24) is 0 Å². The van der Waals surface area contributed by atoms with Gasteiger partial charge in [0.15, 0.2) is 0 Å². The Balaban J connectivity index is 3.32. The zero-order valence-electron chi connectivity index (χ0n) is 10.6. The molecule has 84 valence electrons. The fourth-order valence-corrected chi connectivity index (χ4v) is 5.00. The fraction of sp³-hybridized carbons (Fsp3) is 0.429. The molecule has 1 heterocycles. The topological polar surface area (TPSA) is 0 Å². The van der Waals surface area contributed by atoms with Crippen LogP contribution in [-0.4, -0.2) is 13.3 Å². The van der Waals surface area contributed by atoms with Gasteiger partial charge in [0.05, 0.1) is 0 Å². The Kier molecular flexibility index (Phi) is 3.73. The van der Waals surface area contributed by atoms with Gasteiger partial charge in [-0.3, -0.25) is 0 Å². The second-order valence-electron chi connectivity index (χ2n) is 5.07. The van der Waals surface area contributed by atoms with Crippen LogP contribution in [0.15, 0.2) is 47.1 Å². The predicted octanol–water partition coefficient (Wildman–Crippen LogP) is 4.57. The van der Waals surface area contributed by atoms with E-state index in [2.05, 4.69) is 64.7 Å². The van der Waals surface area contributed by atoms with Crippen molar-refractivity contribution >= 4 is 7.26 Å². The Morgan fingerprint density at radius 3 is 2.33 bits per heavy atom. The summed E-state index contributed by atoms with van der Waals surface area (Å²) in [6, 6.07) is 0. The first-order chi connectivity index (χ1) is 6.90. The average Bonchev–Trinajstić information content (AvgIpc) is 2.38. The quantitative estimate of drug-likeness (QED) is 0.600. The van der Waals surface area contributed by atoms with Crippen LogP contribution in [0.1, 0.15) is 20.8 Å². The number of hydrogen-bond acceptors (Lipinski definition) is 0. The van der Waals surface area contributed by atoms with E-state index in [-0.39, 0.29) is 0 Å². The Morgan fingerprint density at radius 1 is 1.40 bits per heavy atom. The van der Waals surface area contributed by atoms with E-state index in [1.165, 1.54) is 16.5 Å². The molecular weight excluding hydrogens is 199 g/mol. The van der Waals surface area contributed by atoms with E-state index < -0.39 is 7.26 Å². The van der Waals surface area contributed by atoms with Crippen molar-refractivity contribution in [1.29, 1.82) is 0 Å². The Labute approximate surface area is 94.8 Å². The molecule has 0 spiro atoms. The second kappa shape index (κ2) is 4.49. The second-order valence-corrected chi connectivity index (χ2v) is 9.34. The number of allylic oxidation sites excluding steroid dienone is 6. The molecule has 1 rings (SSSR count). The molecule has 0 saturated heterocycles. The van der Waals surface area contributed by atoms with Crippen LogP contribution in [0.3, 0.4) is 0 Å². The molecule has 0 aromatic carbocycles. The molecule has 1 aliphatic heterocycles. The van der Waals surface area contributed by atoms with Crippen LogP contribution in [0.5, 0.6) is 0 Å². The van der Waals surface area contributed by atoms with Crippen LogP contribution < -0.4 is 0 Å². The molecule has 0 bridgehead atoms. The zero-order valence-corrected chi connectivity index (χ0v) is 11.6. The molecule has 0 unspecified atom stereocenters. The molecule has 0 atom stereocenters. The van der Waals surface area contributed by atoms with Crippen molar-refractivity contribution in [2.75, 3.05) is 13.3 Å². The molecule has 0 amide bonds. The maximum absolute atomic E-state index is 4.17. The number of hydrogen-bond donors (Lipinski definition) is 0. The van der Waals surface area contributed by atoms with E-state index in [1.807, 2.05) is 0 Å². The van der Waals surface area contributed by atoms with Crippen LogP contribution in [0.2, 0.25) is 0 Å². The fourth-order valence-electron chi connectivity index (χ4n) is 2.19. The van der Waals surface area contributed by atoms with Crippen molar-refractivity contribution < 1.29 is 0 Å². The summed E-state index contributed by atoms with van der Waals surface area (Å²) in [6.45, 7) is 15.6. The van der Waals surface area contributed by atoms with E-state index in [9.17, 15) is 0 Å². The van der Waals surface area contributed by atoms with Gasteiger partial charge in [-0.05, 0) is 0 Å². The van der Waals surface area contributed by atoms with Gasteiger partial charge < -0.3 is 0 Å². The number of rotatable bonds is 2. The first-order valence-corrected chi connectivity index (χ1v) is 8.73. The standard InChI is InChI=1S/C14H23P/c1-7-8-13(11(2)3)14-12(4)9-10-15(14,5)6/h7-11,15H,4H2,1-3,5-6H3/b8-7-,14-13-. The third-order valence-corrected chi connectivity index (χ3v) is 5.82. The van der Waals surface area contributed by atoms with Gasteiger partial charge in [0.2, 0.25) is 0 Å². The van der Waals surface area contributed by atoms with Crippen LogP contribution in [-0.2, 0) is 0 Å². The summed E-state index contributed by atoms with van der Waals surface area (Å²) >= 11 is 0. The van der Waals surface area contributed by atoms with Gasteiger partial charge in [0.1, 0.15) is 0 Å². The molecule has 0 saturated carbocycles. The van der Waals surface area contributed by atoms with Crippen molar-refractivity contribution in [2.45, 2.75) is 20.8 Å². The Morgan fingerprint density at radius 2 is 2.00 bits per heavy atom. The molecule has 0 nitrogen and oxygen atoms in total. The average molecular weight is 222 g/mol. The van der Waals surface area contributed by atoms with Gasteiger partial charge in [-0.1, -0.05) is 0 Å². The third kappa shape index (κ3) is 2.49. The van der Waals surface area contributed by atoms with Crippen molar-refractivity contribution in [3.63, 3.8) is 0 Å². The summed E-state index contributed by atoms with van der Waals surface area (Å²) in [5, 5.41) is 1.54. The molecule has 0 radical (unpaired) electrons. The molecule has 0 aromatic rings. The van der Waals surface area contributed by atoms with E-state index >= 15 is 0 Å². The van der Waals surface area contributed by atoms with Crippen LogP contribution in [0.25, 0.3) is 0 Å². The minimum atomic E-state index is -1.35. The molecule has 0 fully saturated rings. The van der Waals surface area contributed by atoms with Crippen LogP contribution in [0, 0.1) is 5.92 Å². The normalized spacial score (nSPS) is 25.3. The summed E-state index contributed by atoms with van der Waals surface area (Å²) < 4.78 is 0. The van der Waals surface area contributed by atoms with Crippen LogP contribution >= 0.6 is 7.26 Å². The summed E-state index contributed by atoms with van der Waals surface area (Å²) in [7, 11) is -1.35. The van der Waals surface area contributed by atoms with Gasteiger partial charge in [-0.15, -0.1) is 0 Å². The molecule has 15 heavy (non-hydrogen) atoms. The van der Waals surface area contributed by atoms with Crippen molar-refractivity contribution in [3.05, 3.63) is 47.1 Å². The Hall–Kier alpha value is -0.610. The molecule has 0 N–H and O–H groups in total. The summed E-state index contributed by atoms with van der Waals surface area (Å²) in [5.74, 6) is 2.97. The Bertz CT molecular complexity index is 352. The van der Waals surface area contributed by atoms with Gasteiger partial charge in [0.25, 0.3) is 0 Å². The predicted molar refractivity (Wildman–Crippen MR) is 75.1 cm³/mol. The SMILES string of the molecule is C=C1C=C[PH](C)(C)/C1=C(/C=C\C)C(C)C. The monoisotopic (exact) mass is 222 g/mol. The molecular formula is C14H23P. The molecule has 1 heteroatoms. The van der Waals surface area contributed by atoms with E-state index in [0.29, 0.717) is 5.92 Å². The summed E-state index contributed by atoms with van der Waals surface area (Å²) in [4.78, 5) is 0. The van der Waals surface area contributed by atoms with Crippen molar-refractivity contribution in [2.24, 2.45) is 5.92 Å². The summed E-state index contributed by atoms with van der Waals surface area (Å²) in [6.07, 6.45) is 6.60. The van der Waals surface area contributed by atoms with E-state index in [4.69, 9.17) is 0 Å². The first kappa shape index (κ1) is 12.5. The van der Waals surface area contributed by atoms with Crippen LogP contribution in [0.4, 0.5) is 0 Å². The van der Waals surface area contributed by atoms with Gasteiger partial charge in [-0.25, -0.2) is 0 Å². The van der Waals surface area contributed by atoms with Gasteiger partial charge in [0, 0.05) is 0 Å². The van der Waals surface area contributed by atoms with Gasteiger partial charge in [-0.2, -0.15) is 0 Å².